The largest absolute Gasteiger partial charge is 0.353 e. The summed E-state index contributed by atoms with van der Waals surface area (Å²) in [5, 5.41) is 21.4. The molecule has 0 aliphatic carbocycles. The number of aromatic nitrogens is 2. The van der Waals surface area contributed by atoms with E-state index in [1.54, 1.807) is 6.07 Å². The minimum atomic E-state index is -0.522. The molecule has 1 aromatic heterocycles. The minimum Gasteiger partial charge on any atom is -0.353 e. The molecule has 0 unspecified atom stereocenters. The molecule has 0 fully saturated rings. The molecule has 2 aromatic carbocycles. The summed E-state index contributed by atoms with van der Waals surface area (Å²) in [5.74, 6) is 0. The Kier molecular flexibility index (Phi) is 3.60. The highest BCUT2D eigenvalue weighted by atomic mass is 79.9. The molecule has 9 heteroatoms. The van der Waals surface area contributed by atoms with Crippen LogP contribution in [0.1, 0.15) is 0 Å². The van der Waals surface area contributed by atoms with Crippen molar-refractivity contribution in [1.82, 2.24) is 10.3 Å². The summed E-state index contributed by atoms with van der Waals surface area (Å²) in [6.07, 6.45) is 0. The van der Waals surface area contributed by atoms with Crippen molar-refractivity contribution in [2.45, 2.75) is 0 Å². The maximum Gasteiger partial charge on any atom is 0.300 e. The molecule has 3 aromatic rings. The molecular formula is C12H6Br2N4O3. The van der Waals surface area contributed by atoms with E-state index in [2.05, 4.69) is 52.1 Å². The molecule has 0 bridgehead atoms. The highest BCUT2D eigenvalue weighted by molar-refractivity contribution is 9.11. The smallest absolute Gasteiger partial charge is 0.300 e. The molecule has 21 heavy (non-hydrogen) atoms. The Morgan fingerprint density at radius 3 is 2.52 bits per heavy atom. The molecule has 1 heterocycles. The lowest BCUT2D eigenvalue weighted by Gasteiger charge is -2.08. The number of non-ortho nitro benzene ring substituents is 1. The second-order valence-electron chi connectivity index (χ2n) is 4.10. The van der Waals surface area contributed by atoms with E-state index in [4.69, 9.17) is 0 Å². The lowest BCUT2D eigenvalue weighted by Crippen LogP contribution is -1.95. The fraction of sp³-hybridized carbons (Fsp3) is 0. The third-order valence-electron chi connectivity index (χ3n) is 2.79. The molecule has 106 valence electrons. The van der Waals surface area contributed by atoms with Gasteiger partial charge in [0.05, 0.1) is 16.3 Å². The molecule has 0 aliphatic heterocycles. The van der Waals surface area contributed by atoms with Crippen LogP contribution < -0.4 is 5.32 Å². The Morgan fingerprint density at radius 1 is 1.10 bits per heavy atom. The Morgan fingerprint density at radius 2 is 1.81 bits per heavy atom. The highest BCUT2D eigenvalue weighted by Gasteiger charge is 2.19. The molecule has 0 aliphatic rings. The number of hydrogen-bond acceptors (Lipinski definition) is 6. The van der Waals surface area contributed by atoms with Crippen molar-refractivity contribution in [3.8, 4) is 0 Å². The molecule has 7 nitrogen and oxygen atoms in total. The van der Waals surface area contributed by atoms with Gasteiger partial charge in [0.15, 0.2) is 5.52 Å². The number of hydrogen-bond donors (Lipinski definition) is 1. The number of halogens is 2. The molecular weight excluding hydrogens is 408 g/mol. The molecule has 0 saturated heterocycles. The van der Waals surface area contributed by atoms with E-state index < -0.39 is 4.92 Å². The summed E-state index contributed by atoms with van der Waals surface area (Å²) in [6.45, 7) is 0. The first-order valence-corrected chi connectivity index (χ1v) is 7.26. The number of nitro groups is 1. The number of anilines is 2. The topological polar surface area (TPSA) is 94.1 Å². The van der Waals surface area contributed by atoms with Gasteiger partial charge in [0.2, 0.25) is 5.52 Å². The molecule has 3 rings (SSSR count). The van der Waals surface area contributed by atoms with E-state index in [1.165, 1.54) is 6.07 Å². The number of benzene rings is 2. The lowest BCUT2D eigenvalue weighted by molar-refractivity contribution is -0.383. The van der Waals surface area contributed by atoms with Crippen LogP contribution >= 0.6 is 31.9 Å². The zero-order valence-electron chi connectivity index (χ0n) is 10.2. The van der Waals surface area contributed by atoms with E-state index in [0.717, 1.165) is 14.6 Å². The van der Waals surface area contributed by atoms with Crippen LogP contribution in [0, 0.1) is 10.1 Å². The quantitative estimate of drug-likeness (QED) is 0.505. The van der Waals surface area contributed by atoms with Crippen LogP contribution in [-0.4, -0.2) is 15.2 Å². The molecule has 0 atom stereocenters. The van der Waals surface area contributed by atoms with Crippen LogP contribution in [0.3, 0.4) is 0 Å². The first kappa shape index (κ1) is 14.0. The van der Waals surface area contributed by atoms with Gasteiger partial charge in [-0.05, 0) is 50.5 Å². The van der Waals surface area contributed by atoms with Gasteiger partial charge in [-0.3, -0.25) is 10.1 Å². The minimum absolute atomic E-state index is 0.109. The van der Waals surface area contributed by atoms with E-state index in [0.29, 0.717) is 11.2 Å². The lowest BCUT2D eigenvalue weighted by atomic mass is 10.2. The number of nitrogens with one attached hydrogen (secondary N) is 1. The molecule has 0 saturated carbocycles. The van der Waals surface area contributed by atoms with Gasteiger partial charge in [0.25, 0.3) is 0 Å². The number of fused-ring (bicyclic) bond motifs is 1. The van der Waals surface area contributed by atoms with Crippen LogP contribution in [0.2, 0.25) is 0 Å². The highest BCUT2D eigenvalue weighted by Crippen LogP contribution is 2.33. The van der Waals surface area contributed by atoms with Crippen LogP contribution in [0.4, 0.5) is 17.1 Å². The van der Waals surface area contributed by atoms with E-state index in [9.17, 15) is 10.1 Å². The van der Waals surface area contributed by atoms with Crippen LogP contribution in [-0.2, 0) is 0 Å². The maximum absolute atomic E-state index is 10.9. The first-order chi connectivity index (χ1) is 10.1. The van der Waals surface area contributed by atoms with Gasteiger partial charge in [-0.2, -0.15) is 0 Å². The summed E-state index contributed by atoms with van der Waals surface area (Å²) < 4.78 is 6.38. The number of rotatable bonds is 3. The zero-order chi connectivity index (χ0) is 15.0. The van der Waals surface area contributed by atoms with Gasteiger partial charge in [-0.1, -0.05) is 15.9 Å². The van der Waals surface area contributed by atoms with Crippen LogP contribution in [0.5, 0.6) is 0 Å². The Labute approximate surface area is 134 Å². The SMILES string of the molecule is O=[N+]([O-])c1ccc(Nc2ccc(Br)cc2Br)c2nonc12. The van der Waals surface area contributed by atoms with Crippen molar-refractivity contribution in [3.63, 3.8) is 0 Å². The fourth-order valence-corrected chi connectivity index (χ4v) is 2.98. The van der Waals surface area contributed by atoms with E-state index in [1.807, 2.05) is 18.2 Å². The Bertz CT molecular complexity index is 850. The number of nitrogens with zero attached hydrogens (tertiary/aromatic N) is 3. The van der Waals surface area contributed by atoms with Gasteiger partial charge in [-0.15, -0.1) is 0 Å². The van der Waals surface area contributed by atoms with Crippen molar-refractivity contribution >= 4 is 60.0 Å². The fourth-order valence-electron chi connectivity index (χ4n) is 1.84. The summed E-state index contributed by atoms with van der Waals surface area (Å²) in [7, 11) is 0. The van der Waals surface area contributed by atoms with Gasteiger partial charge < -0.3 is 5.32 Å². The average molecular weight is 414 g/mol. The molecule has 0 radical (unpaired) electrons. The van der Waals surface area contributed by atoms with Gasteiger partial charge >= 0.3 is 5.69 Å². The van der Waals surface area contributed by atoms with E-state index in [-0.39, 0.29) is 11.2 Å². The molecule has 0 spiro atoms. The van der Waals surface area contributed by atoms with Gasteiger partial charge in [0, 0.05) is 15.0 Å². The summed E-state index contributed by atoms with van der Waals surface area (Å²) >= 11 is 6.81. The first-order valence-electron chi connectivity index (χ1n) is 5.68. The average Bonchev–Trinajstić information content (AvgIpc) is 2.91. The van der Waals surface area contributed by atoms with Crippen molar-refractivity contribution < 1.29 is 9.55 Å². The van der Waals surface area contributed by atoms with Crippen molar-refractivity contribution in [2.75, 3.05) is 5.32 Å². The zero-order valence-corrected chi connectivity index (χ0v) is 13.4. The standard InChI is InChI=1S/C12H6Br2N4O3/c13-6-1-2-8(7(14)5-6)15-9-3-4-10(18(19)20)12-11(9)16-21-17-12/h1-5,15H. The normalized spacial score (nSPS) is 10.8. The second kappa shape index (κ2) is 5.41. The summed E-state index contributed by atoms with van der Waals surface area (Å²) in [4.78, 5) is 10.4. The summed E-state index contributed by atoms with van der Waals surface area (Å²) in [6, 6.07) is 8.54. The number of nitro benzene ring substituents is 1. The van der Waals surface area contributed by atoms with Gasteiger partial charge in [-0.25, -0.2) is 4.63 Å². The molecule has 0 amide bonds. The van der Waals surface area contributed by atoms with Crippen molar-refractivity contribution in [1.29, 1.82) is 0 Å². The molecule has 1 N–H and O–H groups in total. The monoisotopic (exact) mass is 412 g/mol. The third-order valence-corrected chi connectivity index (χ3v) is 3.94. The van der Waals surface area contributed by atoms with Crippen molar-refractivity contribution in [2.24, 2.45) is 0 Å². The van der Waals surface area contributed by atoms with E-state index >= 15 is 0 Å². The predicted octanol–water partition coefficient (Wildman–Crippen LogP) is 4.40. The maximum atomic E-state index is 10.9. The van der Waals surface area contributed by atoms with Gasteiger partial charge in [0.1, 0.15) is 0 Å². The van der Waals surface area contributed by atoms with Crippen LogP contribution in [0.15, 0.2) is 43.9 Å². The van der Waals surface area contributed by atoms with Crippen molar-refractivity contribution in [3.05, 3.63) is 49.4 Å². The Balaban J connectivity index is 2.07. The predicted molar refractivity (Wildman–Crippen MR) is 83.6 cm³/mol. The van der Waals surface area contributed by atoms with Crippen LogP contribution in [0.25, 0.3) is 11.0 Å². The Hall–Kier alpha value is -2.00. The summed E-state index contributed by atoms with van der Waals surface area (Å²) in [5.41, 5.74) is 1.63. The third kappa shape index (κ3) is 2.61. The second-order valence-corrected chi connectivity index (χ2v) is 5.87.